The third kappa shape index (κ3) is 6.98. The van der Waals surface area contributed by atoms with E-state index in [9.17, 15) is 34.2 Å². The van der Waals surface area contributed by atoms with E-state index in [1.54, 1.807) is 19.9 Å². The van der Waals surface area contributed by atoms with E-state index in [1.165, 1.54) is 41.8 Å². The molecule has 4 rings (SSSR count). The van der Waals surface area contributed by atoms with Crippen LogP contribution < -0.4 is 45.3 Å². The Hall–Kier alpha value is -2.42. The number of thioether (sulfide) groups is 1. The average molecular weight is 598 g/mol. The topological polar surface area (TPSA) is 174 Å². The number of carbonyl (C=O) groups is 5. The van der Waals surface area contributed by atoms with Crippen LogP contribution in [0.1, 0.15) is 44.5 Å². The summed E-state index contributed by atoms with van der Waals surface area (Å²) in [4.78, 5) is 63.7. The Balaban J connectivity index is 0.00000462. The Bertz CT molecular complexity index is 1250. The number of aliphatic hydroxyl groups excluding tert-OH is 1. The summed E-state index contributed by atoms with van der Waals surface area (Å²) in [6.07, 6.45) is -0.499. The minimum Gasteiger partial charge on any atom is -0.545 e. The molecule has 3 aliphatic heterocycles. The van der Waals surface area contributed by atoms with Gasteiger partial charge in [0, 0.05) is 28.3 Å². The molecule has 0 bridgehead atoms. The summed E-state index contributed by atoms with van der Waals surface area (Å²) in [5.74, 6) is -4.74. The van der Waals surface area contributed by atoms with E-state index in [2.05, 4.69) is 10.6 Å². The molecular weight excluding hydrogens is 565 g/mol. The van der Waals surface area contributed by atoms with Crippen molar-refractivity contribution in [2.45, 2.75) is 57.6 Å². The van der Waals surface area contributed by atoms with E-state index in [0.29, 0.717) is 23.6 Å². The molecule has 3 aliphatic rings. The first kappa shape index (κ1) is 33.1. The van der Waals surface area contributed by atoms with Gasteiger partial charge < -0.3 is 40.0 Å². The monoisotopic (exact) mass is 597 g/mol. The molecule has 0 spiro atoms. The van der Waals surface area contributed by atoms with Crippen LogP contribution in [-0.2, 0) is 28.7 Å². The summed E-state index contributed by atoms with van der Waals surface area (Å²) in [7, 11) is 0. The standard InChI is InChI=1S/C27H33N3O9S.Na/c1-12(2)26(36)38-11-39-27(37)21-22(13(3)20-19(14(4)31)24(33)30(20)21)40-17-9-18(28-10-17)23(32)29-16-7-5-6-15(8-16)25(34)35;/h5-8,12-14,17-20,28,31H,9-11H2,1-4H3,(H,29,32)(H,34,35);/q;+1/p-1/t13-,14-,17+,18+,19-,20-;/m1./s1. The molecule has 0 aromatic heterocycles. The van der Waals surface area contributed by atoms with Crippen molar-refractivity contribution in [1.82, 2.24) is 10.2 Å². The van der Waals surface area contributed by atoms with Crippen molar-refractivity contribution in [3.8, 4) is 0 Å². The normalized spacial score (nSPS) is 25.7. The van der Waals surface area contributed by atoms with Gasteiger partial charge in [-0.1, -0.05) is 32.9 Å². The largest absolute Gasteiger partial charge is 1.00 e. The number of ether oxygens (including phenoxy) is 2. The molecule has 2 amide bonds. The summed E-state index contributed by atoms with van der Waals surface area (Å²) in [5, 5.41) is 27.0. The van der Waals surface area contributed by atoms with Crippen molar-refractivity contribution in [3.63, 3.8) is 0 Å². The van der Waals surface area contributed by atoms with Crippen LogP contribution in [0.3, 0.4) is 0 Å². The minimum atomic E-state index is -1.35. The van der Waals surface area contributed by atoms with Crippen LogP contribution >= 0.6 is 11.8 Å². The van der Waals surface area contributed by atoms with Gasteiger partial charge in [0.2, 0.25) is 18.6 Å². The van der Waals surface area contributed by atoms with Crippen molar-refractivity contribution in [1.29, 1.82) is 0 Å². The van der Waals surface area contributed by atoms with Gasteiger partial charge in [0.1, 0.15) is 5.70 Å². The fraction of sp³-hybridized carbons (Fsp3) is 0.519. The van der Waals surface area contributed by atoms with E-state index < -0.39 is 54.7 Å². The number of carboxylic acids is 1. The fourth-order valence-electron chi connectivity index (χ4n) is 5.17. The van der Waals surface area contributed by atoms with E-state index in [4.69, 9.17) is 9.47 Å². The second-order valence-corrected chi connectivity index (χ2v) is 11.8. The van der Waals surface area contributed by atoms with Crippen molar-refractivity contribution < 1.29 is 73.2 Å². The van der Waals surface area contributed by atoms with Gasteiger partial charge in [-0.2, -0.15) is 0 Å². The summed E-state index contributed by atoms with van der Waals surface area (Å²) in [6.45, 7) is 6.54. The summed E-state index contributed by atoms with van der Waals surface area (Å²) in [5.41, 5.74) is 0.338. The second-order valence-electron chi connectivity index (χ2n) is 10.4. The number of nitrogens with one attached hydrogen (secondary N) is 2. The van der Waals surface area contributed by atoms with E-state index in [0.717, 1.165) is 0 Å². The SMILES string of the molecule is CC(C)C(=O)OCOC(=O)C1=C(S[C@@H]2CN[C@H](C(=O)Nc3cccc(C(=O)[O-])c3)C2)[C@H](C)[C@@H]2[C@@H]([C@@H](C)O)C(=O)N12.[Na+]. The van der Waals surface area contributed by atoms with Gasteiger partial charge in [-0.3, -0.25) is 14.4 Å². The average Bonchev–Trinajstić information content (AvgIpc) is 3.45. The first-order valence-electron chi connectivity index (χ1n) is 13.0. The second kappa shape index (κ2) is 13.7. The van der Waals surface area contributed by atoms with Crippen LogP contribution in [0.25, 0.3) is 0 Å². The van der Waals surface area contributed by atoms with E-state index in [-0.39, 0.29) is 63.8 Å². The van der Waals surface area contributed by atoms with Crippen molar-refractivity contribution in [2.24, 2.45) is 17.8 Å². The van der Waals surface area contributed by atoms with Gasteiger partial charge >= 0.3 is 41.5 Å². The number of hydrogen-bond acceptors (Lipinski definition) is 11. The third-order valence-corrected chi connectivity index (χ3v) is 8.74. The van der Waals surface area contributed by atoms with Crippen LogP contribution in [0.4, 0.5) is 5.69 Å². The van der Waals surface area contributed by atoms with Crippen molar-refractivity contribution in [3.05, 3.63) is 40.4 Å². The molecule has 2 fully saturated rings. The van der Waals surface area contributed by atoms with Gasteiger partial charge in [0.25, 0.3) is 0 Å². The predicted molar refractivity (Wildman–Crippen MR) is 141 cm³/mol. The molecule has 0 aliphatic carbocycles. The third-order valence-electron chi connectivity index (χ3n) is 7.23. The molecule has 0 radical (unpaired) electrons. The van der Waals surface area contributed by atoms with E-state index >= 15 is 0 Å². The zero-order valence-electron chi connectivity index (χ0n) is 23.5. The Morgan fingerprint density at radius 3 is 2.56 bits per heavy atom. The van der Waals surface area contributed by atoms with Gasteiger partial charge in [0.05, 0.1) is 36.0 Å². The van der Waals surface area contributed by atoms with Crippen LogP contribution in [0, 0.1) is 17.8 Å². The number of fused-ring (bicyclic) bond motifs is 1. The maximum Gasteiger partial charge on any atom is 1.00 e. The molecular formula is C27H32N3NaO9S. The number of benzene rings is 1. The van der Waals surface area contributed by atoms with Crippen LogP contribution in [0.5, 0.6) is 0 Å². The smallest absolute Gasteiger partial charge is 0.545 e. The Kier molecular flexibility index (Phi) is 11.1. The first-order chi connectivity index (χ1) is 18.9. The number of amides is 2. The Labute approximate surface area is 263 Å². The number of β-lactam (4-membered cyclic amide) rings is 1. The summed E-state index contributed by atoms with van der Waals surface area (Å²) >= 11 is 1.37. The molecule has 1 aromatic carbocycles. The number of hydrogen-bond donors (Lipinski definition) is 3. The molecule has 6 atom stereocenters. The Morgan fingerprint density at radius 1 is 1.22 bits per heavy atom. The maximum absolute atomic E-state index is 13.1. The molecule has 14 heteroatoms. The number of aliphatic hydroxyl groups is 1. The van der Waals surface area contributed by atoms with Crippen LogP contribution in [-0.4, -0.2) is 76.5 Å². The van der Waals surface area contributed by atoms with Gasteiger partial charge in [-0.05, 0) is 31.0 Å². The Morgan fingerprint density at radius 2 is 1.93 bits per heavy atom. The summed E-state index contributed by atoms with van der Waals surface area (Å²) in [6, 6.07) is 4.78. The minimum absolute atomic E-state index is 0. The summed E-state index contributed by atoms with van der Waals surface area (Å²) < 4.78 is 10.2. The van der Waals surface area contributed by atoms with Crippen LogP contribution in [0.15, 0.2) is 34.9 Å². The van der Waals surface area contributed by atoms with Crippen molar-refractivity contribution >= 4 is 47.2 Å². The van der Waals surface area contributed by atoms with E-state index in [1.807, 2.05) is 6.92 Å². The molecule has 12 nitrogen and oxygen atoms in total. The van der Waals surface area contributed by atoms with Gasteiger partial charge in [-0.15, -0.1) is 11.8 Å². The molecule has 41 heavy (non-hydrogen) atoms. The van der Waals surface area contributed by atoms with Crippen LogP contribution in [0.2, 0.25) is 0 Å². The zero-order chi connectivity index (χ0) is 29.3. The van der Waals surface area contributed by atoms with Crippen molar-refractivity contribution in [2.75, 3.05) is 18.7 Å². The maximum atomic E-state index is 13.1. The number of esters is 2. The fourth-order valence-corrected chi connectivity index (χ4v) is 6.65. The molecule has 1 aromatic rings. The van der Waals surface area contributed by atoms with Gasteiger partial charge in [0.15, 0.2) is 0 Å². The number of rotatable bonds is 10. The molecule has 0 unspecified atom stereocenters. The zero-order valence-corrected chi connectivity index (χ0v) is 26.4. The molecule has 3 N–H and O–H groups in total. The number of carboxylic acid groups (broad SMARTS) is 1. The quantitative estimate of drug-likeness (QED) is 0.110. The molecule has 216 valence electrons. The molecule has 3 heterocycles. The number of nitrogens with zero attached hydrogens (tertiary/aromatic N) is 1. The number of anilines is 1. The predicted octanol–water partition coefficient (Wildman–Crippen LogP) is -2.77. The van der Waals surface area contributed by atoms with Gasteiger partial charge in [-0.25, -0.2) is 4.79 Å². The number of aromatic carboxylic acids is 1. The number of carbonyl (C=O) groups excluding carboxylic acids is 5. The first-order valence-corrected chi connectivity index (χ1v) is 13.9. The molecule has 2 saturated heterocycles. The molecule has 0 saturated carbocycles.